The normalized spacial score (nSPS) is 12.5. The summed E-state index contributed by atoms with van der Waals surface area (Å²) in [5.74, 6) is -0.679. The number of hydrogen-bond donors (Lipinski definition) is 3. The molecule has 1 aromatic rings. The molecule has 1 rings (SSSR count). The molecular weight excluding hydrogens is 218 g/mol. The Balaban J connectivity index is 3.05. The van der Waals surface area contributed by atoms with Gasteiger partial charge in [0.05, 0.1) is 0 Å². The van der Waals surface area contributed by atoms with E-state index in [1.807, 2.05) is 26.8 Å². The summed E-state index contributed by atoms with van der Waals surface area (Å²) in [5, 5.41) is 18.7. The molecule has 0 aliphatic heterocycles. The zero-order chi connectivity index (χ0) is 13.2. The molecule has 0 aliphatic carbocycles. The summed E-state index contributed by atoms with van der Waals surface area (Å²) in [6, 6.07) is 1.52. The van der Waals surface area contributed by atoms with Crippen molar-refractivity contribution in [3.8, 4) is 5.75 Å². The van der Waals surface area contributed by atoms with Crippen molar-refractivity contribution in [3.05, 3.63) is 28.3 Å². The van der Waals surface area contributed by atoms with Gasteiger partial charge in [-0.15, -0.1) is 0 Å². The summed E-state index contributed by atoms with van der Waals surface area (Å²) in [7, 11) is 0. The van der Waals surface area contributed by atoms with E-state index in [-0.39, 0.29) is 12.2 Å². The lowest BCUT2D eigenvalue weighted by Crippen LogP contribution is -2.14. The fourth-order valence-corrected chi connectivity index (χ4v) is 1.98. The first-order valence-electron chi connectivity index (χ1n) is 5.61. The first-order chi connectivity index (χ1) is 7.84. The molecule has 0 saturated carbocycles. The van der Waals surface area contributed by atoms with Gasteiger partial charge in [0.15, 0.2) is 0 Å². The van der Waals surface area contributed by atoms with Crippen molar-refractivity contribution in [2.45, 2.75) is 39.7 Å². The quantitative estimate of drug-likeness (QED) is 0.749. The number of phenolic OH excluding ortho intramolecular Hbond substituents is 1. The van der Waals surface area contributed by atoms with E-state index in [2.05, 4.69) is 0 Å². The van der Waals surface area contributed by atoms with Gasteiger partial charge >= 0.3 is 5.97 Å². The standard InChI is InChI=1S/C13H19NO3/c1-7-6-8(2)12(13(17)9(7)3)10(14)4-5-11(15)16/h6,10,17H,4-5,14H2,1-3H3,(H,15,16). The Morgan fingerprint density at radius 3 is 2.47 bits per heavy atom. The number of aromatic hydroxyl groups is 1. The van der Waals surface area contributed by atoms with Crippen LogP contribution < -0.4 is 5.73 Å². The van der Waals surface area contributed by atoms with Crippen LogP contribution in [0, 0.1) is 20.8 Å². The zero-order valence-electron chi connectivity index (χ0n) is 10.4. The van der Waals surface area contributed by atoms with Crippen LogP contribution in [0.5, 0.6) is 5.75 Å². The molecule has 0 saturated heterocycles. The SMILES string of the molecule is Cc1cc(C)c(C(N)CCC(=O)O)c(O)c1C. The molecule has 0 spiro atoms. The maximum Gasteiger partial charge on any atom is 0.303 e. The van der Waals surface area contributed by atoms with Crippen molar-refractivity contribution in [2.24, 2.45) is 5.73 Å². The second-order valence-corrected chi connectivity index (χ2v) is 4.44. The number of nitrogens with two attached hydrogens (primary N) is 1. The van der Waals surface area contributed by atoms with Crippen molar-refractivity contribution >= 4 is 5.97 Å². The Labute approximate surface area is 101 Å². The van der Waals surface area contributed by atoms with Crippen LogP contribution in [0.2, 0.25) is 0 Å². The van der Waals surface area contributed by atoms with Gasteiger partial charge in [-0.1, -0.05) is 6.07 Å². The largest absolute Gasteiger partial charge is 0.507 e. The molecule has 0 heterocycles. The third-order valence-electron chi connectivity index (χ3n) is 3.10. The fraction of sp³-hybridized carbons (Fsp3) is 0.462. The van der Waals surface area contributed by atoms with E-state index in [1.54, 1.807) is 0 Å². The predicted octanol–water partition coefficient (Wildman–Crippen LogP) is 2.18. The molecule has 1 atom stereocenters. The van der Waals surface area contributed by atoms with Gasteiger partial charge < -0.3 is 15.9 Å². The van der Waals surface area contributed by atoms with Crippen LogP contribution in [0.4, 0.5) is 0 Å². The first-order valence-corrected chi connectivity index (χ1v) is 5.61. The molecule has 1 unspecified atom stereocenters. The van der Waals surface area contributed by atoms with Crippen molar-refractivity contribution in [1.82, 2.24) is 0 Å². The van der Waals surface area contributed by atoms with Gasteiger partial charge in [0.1, 0.15) is 5.75 Å². The van der Waals surface area contributed by atoms with E-state index in [4.69, 9.17) is 10.8 Å². The average Bonchev–Trinajstić information content (AvgIpc) is 2.23. The Bertz CT molecular complexity index is 441. The van der Waals surface area contributed by atoms with Gasteiger partial charge in [-0.2, -0.15) is 0 Å². The molecule has 0 fully saturated rings. The number of aryl methyl sites for hydroxylation is 2. The van der Waals surface area contributed by atoms with Gasteiger partial charge in [-0.3, -0.25) is 4.79 Å². The van der Waals surface area contributed by atoms with Crippen LogP contribution in [0.25, 0.3) is 0 Å². The second-order valence-electron chi connectivity index (χ2n) is 4.44. The molecule has 4 heteroatoms. The minimum Gasteiger partial charge on any atom is -0.507 e. The van der Waals surface area contributed by atoms with Crippen LogP contribution in [-0.4, -0.2) is 16.2 Å². The Morgan fingerprint density at radius 2 is 1.94 bits per heavy atom. The summed E-state index contributed by atoms with van der Waals surface area (Å²) < 4.78 is 0. The predicted molar refractivity (Wildman–Crippen MR) is 66.1 cm³/mol. The molecule has 4 N–H and O–H groups in total. The fourth-order valence-electron chi connectivity index (χ4n) is 1.98. The highest BCUT2D eigenvalue weighted by Gasteiger charge is 2.17. The molecule has 0 radical (unpaired) electrons. The number of benzene rings is 1. The summed E-state index contributed by atoms with van der Waals surface area (Å²) in [6.07, 6.45) is 0.333. The van der Waals surface area contributed by atoms with Crippen LogP contribution in [-0.2, 0) is 4.79 Å². The van der Waals surface area contributed by atoms with Gasteiger partial charge in [-0.05, 0) is 43.9 Å². The van der Waals surface area contributed by atoms with Crippen molar-refractivity contribution < 1.29 is 15.0 Å². The van der Waals surface area contributed by atoms with E-state index < -0.39 is 12.0 Å². The first kappa shape index (κ1) is 13.5. The molecule has 17 heavy (non-hydrogen) atoms. The van der Waals surface area contributed by atoms with Gasteiger partial charge in [0, 0.05) is 18.0 Å². The number of phenols is 1. The lowest BCUT2D eigenvalue weighted by Gasteiger charge is -2.18. The Morgan fingerprint density at radius 1 is 1.35 bits per heavy atom. The van der Waals surface area contributed by atoms with E-state index in [9.17, 15) is 9.90 Å². The average molecular weight is 237 g/mol. The van der Waals surface area contributed by atoms with Gasteiger partial charge in [-0.25, -0.2) is 0 Å². The highest BCUT2D eigenvalue weighted by Crippen LogP contribution is 2.33. The minimum absolute atomic E-state index is 0.00692. The molecule has 0 aliphatic rings. The number of carbonyl (C=O) groups is 1. The Kier molecular flexibility index (Phi) is 4.12. The summed E-state index contributed by atoms with van der Waals surface area (Å²) in [4.78, 5) is 10.5. The van der Waals surface area contributed by atoms with E-state index in [1.165, 1.54) is 0 Å². The number of carboxylic acid groups (broad SMARTS) is 1. The molecule has 94 valence electrons. The second kappa shape index (κ2) is 5.19. The van der Waals surface area contributed by atoms with Crippen molar-refractivity contribution in [3.63, 3.8) is 0 Å². The van der Waals surface area contributed by atoms with Gasteiger partial charge in [0.25, 0.3) is 0 Å². The third-order valence-corrected chi connectivity index (χ3v) is 3.10. The Hall–Kier alpha value is -1.55. The molecule has 0 bridgehead atoms. The van der Waals surface area contributed by atoms with Crippen LogP contribution in [0.1, 0.15) is 41.1 Å². The minimum atomic E-state index is -0.874. The maximum absolute atomic E-state index is 10.5. The number of hydrogen-bond acceptors (Lipinski definition) is 3. The summed E-state index contributed by atoms with van der Waals surface area (Å²) in [5.41, 5.74) is 9.32. The zero-order valence-corrected chi connectivity index (χ0v) is 10.4. The summed E-state index contributed by atoms with van der Waals surface area (Å²) >= 11 is 0. The maximum atomic E-state index is 10.5. The van der Waals surface area contributed by atoms with Crippen LogP contribution >= 0.6 is 0 Å². The van der Waals surface area contributed by atoms with Crippen molar-refractivity contribution in [1.29, 1.82) is 0 Å². The number of rotatable bonds is 4. The monoisotopic (exact) mass is 237 g/mol. The molecule has 1 aromatic carbocycles. The van der Waals surface area contributed by atoms with Crippen molar-refractivity contribution in [2.75, 3.05) is 0 Å². The molecule has 0 amide bonds. The molecular formula is C13H19NO3. The smallest absolute Gasteiger partial charge is 0.303 e. The van der Waals surface area contributed by atoms with E-state index in [0.717, 1.165) is 16.7 Å². The van der Waals surface area contributed by atoms with Crippen LogP contribution in [0.15, 0.2) is 6.07 Å². The highest BCUT2D eigenvalue weighted by atomic mass is 16.4. The number of aliphatic carboxylic acids is 1. The van der Waals surface area contributed by atoms with Crippen LogP contribution in [0.3, 0.4) is 0 Å². The van der Waals surface area contributed by atoms with E-state index in [0.29, 0.717) is 12.0 Å². The van der Waals surface area contributed by atoms with E-state index >= 15 is 0 Å². The van der Waals surface area contributed by atoms with Gasteiger partial charge in [0.2, 0.25) is 0 Å². The summed E-state index contributed by atoms with van der Waals surface area (Å²) in [6.45, 7) is 5.63. The topological polar surface area (TPSA) is 83.6 Å². The highest BCUT2D eigenvalue weighted by molar-refractivity contribution is 5.66. The lowest BCUT2D eigenvalue weighted by molar-refractivity contribution is -0.137. The number of carboxylic acids is 1. The molecule has 4 nitrogen and oxygen atoms in total. The molecule has 0 aromatic heterocycles. The third kappa shape index (κ3) is 2.97. The lowest BCUT2D eigenvalue weighted by atomic mass is 9.92.